The average molecular weight is 251 g/mol. The molecule has 0 fully saturated rings. The molecular weight excluding hydrogens is 242 g/mol. The summed E-state index contributed by atoms with van der Waals surface area (Å²) in [4.78, 5) is 25.4. The molecule has 17 heavy (non-hydrogen) atoms. The number of amides is 2. The highest BCUT2D eigenvalue weighted by Gasteiger charge is 2.17. The summed E-state index contributed by atoms with van der Waals surface area (Å²) >= 11 is 1.15. The maximum absolute atomic E-state index is 11.0. The molecule has 0 radical (unpaired) electrons. The van der Waals surface area contributed by atoms with E-state index in [1.165, 1.54) is 6.07 Å². The van der Waals surface area contributed by atoms with Crippen LogP contribution in [-0.2, 0) is 0 Å². The van der Waals surface area contributed by atoms with Crippen molar-refractivity contribution in [1.29, 1.82) is 0 Å². The van der Waals surface area contributed by atoms with Crippen molar-refractivity contribution in [3.63, 3.8) is 0 Å². The number of H-pyrrole nitrogens is 1. The molecule has 2 aromatic rings. The molecule has 0 unspecified atom stereocenters. The summed E-state index contributed by atoms with van der Waals surface area (Å²) in [6.07, 6.45) is 1.73. The smallest absolute Gasteiger partial charge is 0.338 e. The first-order chi connectivity index (χ1) is 8.08. The van der Waals surface area contributed by atoms with Gasteiger partial charge in [0.2, 0.25) is 0 Å². The number of hydrogen-bond acceptors (Lipinski definition) is 3. The minimum atomic E-state index is -1.11. The maximum atomic E-state index is 11.0. The third-order valence-corrected chi connectivity index (χ3v) is 3.15. The van der Waals surface area contributed by atoms with Crippen LogP contribution in [0.15, 0.2) is 24.4 Å². The zero-order valence-corrected chi connectivity index (χ0v) is 9.38. The normalized spacial score (nSPS) is 10.1. The van der Waals surface area contributed by atoms with Gasteiger partial charge in [-0.2, -0.15) is 0 Å². The van der Waals surface area contributed by atoms with Crippen LogP contribution in [0.1, 0.15) is 10.4 Å². The van der Waals surface area contributed by atoms with Crippen LogP contribution in [0.3, 0.4) is 0 Å². The molecule has 2 amide bonds. The van der Waals surface area contributed by atoms with Gasteiger partial charge in [-0.3, -0.25) is 5.32 Å². The number of carbonyl (C=O) groups is 2. The fraction of sp³-hybridized carbons (Fsp3) is 0. The molecule has 88 valence electrons. The van der Waals surface area contributed by atoms with Crippen LogP contribution < -0.4 is 11.1 Å². The van der Waals surface area contributed by atoms with E-state index >= 15 is 0 Å². The molecule has 0 bridgehead atoms. The number of nitrogens with two attached hydrogens (primary N) is 1. The predicted molar refractivity (Wildman–Crippen MR) is 64.3 cm³/mol. The minimum absolute atomic E-state index is 0.0263. The molecule has 0 saturated heterocycles. The van der Waals surface area contributed by atoms with Crippen molar-refractivity contribution in [2.24, 2.45) is 5.73 Å². The molecular formula is C10H9N3O3S. The van der Waals surface area contributed by atoms with Crippen LogP contribution in [0.25, 0.3) is 10.6 Å². The first-order valence-corrected chi connectivity index (χ1v) is 5.47. The van der Waals surface area contributed by atoms with Gasteiger partial charge < -0.3 is 15.8 Å². The highest BCUT2D eigenvalue weighted by Crippen LogP contribution is 2.34. The average Bonchev–Trinajstić information content (AvgIpc) is 2.82. The lowest BCUT2D eigenvalue weighted by Crippen LogP contribution is -2.19. The lowest BCUT2D eigenvalue weighted by atomic mass is 10.2. The van der Waals surface area contributed by atoms with Crippen LogP contribution in [0.5, 0.6) is 0 Å². The summed E-state index contributed by atoms with van der Waals surface area (Å²) in [6.45, 7) is 0. The van der Waals surface area contributed by atoms with Crippen LogP contribution in [0.2, 0.25) is 0 Å². The number of thiophene rings is 1. The lowest BCUT2D eigenvalue weighted by molar-refractivity contribution is 0.0698. The quantitative estimate of drug-likeness (QED) is 0.669. The first-order valence-electron chi connectivity index (χ1n) is 4.65. The van der Waals surface area contributed by atoms with Crippen molar-refractivity contribution in [3.8, 4) is 10.6 Å². The number of rotatable bonds is 3. The Morgan fingerprint density at radius 2 is 2.24 bits per heavy atom. The van der Waals surface area contributed by atoms with E-state index in [0.717, 1.165) is 21.9 Å². The van der Waals surface area contributed by atoms with Crippen LogP contribution in [0.4, 0.5) is 9.80 Å². The van der Waals surface area contributed by atoms with Crippen LogP contribution >= 0.6 is 11.3 Å². The molecule has 0 spiro atoms. The molecule has 7 heteroatoms. The summed E-state index contributed by atoms with van der Waals surface area (Å²) in [7, 11) is 0. The zero-order valence-electron chi connectivity index (χ0n) is 8.56. The number of aromatic nitrogens is 1. The van der Waals surface area contributed by atoms with Gasteiger partial charge in [-0.15, -0.1) is 11.3 Å². The summed E-state index contributed by atoms with van der Waals surface area (Å²) < 4.78 is 0. The Morgan fingerprint density at radius 1 is 1.47 bits per heavy atom. The Kier molecular flexibility index (Phi) is 2.84. The number of urea groups is 1. The number of carboxylic acid groups (broad SMARTS) is 1. The second kappa shape index (κ2) is 4.30. The highest BCUT2D eigenvalue weighted by molar-refractivity contribution is 7.20. The molecule has 2 heterocycles. The van der Waals surface area contributed by atoms with Gasteiger partial charge in [-0.1, -0.05) is 0 Å². The lowest BCUT2D eigenvalue weighted by Gasteiger charge is -1.98. The SMILES string of the molecule is NC(=O)Nc1sc(-c2ccc[nH]2)cc1C(=O)O. The molecule has 2 rings (SSSR count). The van der Waals surface area contributed by atoms with E-state index in [-0.39, 0.29) is 10.6 Å². The molecule has 0 aromatic carbocycles. The largest absolute Gasteiger partial charge is 0.478 e. The molecule has 5 N–H and O–H groups in total. The van der Waals surface area contributed by atoms with Crippen molar-refractivity contribution >= 4 is 28.3 Å². The number of anilines is 1. The minimum Gasteiger partial charge on any atom is -0.478 e. The van der Waals surface area contributed by atoms with E-state index in [0.29, 0.717) is 0 Å². The van der Waals surface area contributed by atoms with E-state index in [4.69, 9.17) is 10.8 Å². The van der Waals surface area contributed by atoms with Gasteiger partial charge in [0.15, 0.2) is 0 Å². The van der Waals surface area contributed by atoms with Gasteiger partial charge >= 0.3 is 12.0 Å². The van der Waals surface area contributed by atoms with Crippen molar-refractivity contribution in [2.45, 2.75) is 0 Å². The number of nitrogens with one attached hydrogen (secondary N) is 2. The van der Waals surface area contributed by atoms with Crippen molar-refractivity contribution in [2.75, 3.05) is 5.32 Å². The third-order valence-electron chi connectivity index (χ3n) is 2.06. The first kappa shape index (κ1) is 11.2. The van der Waals surface area contributed by atoms with Crippen LogP contribution in [0, 0.1) is 0 Å². The Balaban J connectivity index is 2.44. The van der Waals surface area contributed by atoms with Crippen LogP contribution in [-0.4, -0.2) is 22.1 Å². The van der Waals surface area contributed by atoms with Crippen molar-refractivity contribution < 1.29 is 14.7 Å². The van der Waals surface area contributed by atoms with E-state index in [1.807, 2.05) is 6.07 Å². The van der Waals surface area contributed by atoms with Gasteiger partial charge in [0.25, 0.3) is 0 Å². The second-order valence-corrected chi connectivity index (χ2v) is 4.28. The van der Waals surface area contributed by atoms with Gasteiger partial charge in [0.05, 0.1) is 16.1 Å². The maximum Gasteiger partial charge on any atom is 0.338 e. The number of carboxylic acids is 1. The van der Waals surface area contributed by atoms with Gasteiger partial charge in [-0.25, -0.2) is 9.59 Å². The van der Waals surface area contributed by atoms with Gasteiger partial charge in [0.1, 0.15) is 5.00 Å². The standard InChI is InChI=1S/C10H9N3O3S/c11-10(16)13-8-5(9(14)15)4-7(17-8)6-2-1-3-12-6/h1-4,12H,(H,14,15)(H3,11,13,16). The Hall–Kier alpha value is -2.28. The summed E-state index contributed by atoms with van der Waals surface area (Å²) in [5.41, 5.74) is 5.79. The topological polar surface area (TPSA) is 108 Å². The molecule has 0 atom stereocenters. The van der Waals surface area contributed by atoms with E-state index in [9.17, 15) is 9.59 Å². The van der Waals surface area contributed by atoms with Gasteiger partial charge in [-0.05, 0) is 18.2 Å². The number of hydrogen-bond donors (Lipinski definition) is 4. The second-order valence-electron chi connectivity index (χ2n) is 3.23. The molecule has 0 saturated carbocycles. The fourth-order valence-corrected chi connectivity index (χ4v) is 2.41. The number of primary amides is 1. The highest BCUT2D eigenvalue weighted by atomic mass is 32.1. The summed E-state index contributed by atoms with van der Waals surface area (Å²) in [6, 6.07) is 4.32. The number of carbonyl (C=O) groups excluding carboxylic acids is 1. The number of aromatic amines is 1. The molecule has 0 aliphatic rings. The van der Waals surface area contributed by atoms with E-state index < -0.39 is 12.0 Å². The van der Waals surface area contributed by atoms with Crippen molar-refractivity contribution in [3.05, 3.63) is 30.0 Å². The predicted octanol–water partition coefficient (Wildman–Crippen LogP) is 1.93. The Morgan fingerprint density at radius 3 is 2.76 bits per heavy atom. The molecule has 0 aliphatic carbocycles. The number of aromatic carboxylic acids is 1. The summed E-state index contributed by atoms with van der Waals surface area (Å²) in [5.74, 6) is -1.11. The summed E-state index contributed by atoms with van der Waals surface area (Å²) in [5, 5.41) is 11.5. The Labute approximate surface area is 100 Å². The third kappa shape index (κ3) is 2.28. The molecule has 0 aliphatic heterocycles. The Bertz CT molecular complexity index is 559. The zero-order chi connectivity index (χ0) is 12.4. The van der Waals surface area contributed by atoms with Crippen molar-refractivity contribution in [1.82, 2.24) is 4.98 Å². The molecule has 6 nitrogen and oxygen atoms in total. The monoisotopic (exact) mass is 251 g/mol. The van der Waals surface area contributed by atoms with E-state index in [1.54, 1.807) is 12.3 Å². The fourth-order valence-electron chi connectivity index (χ4n) is 1.37. The van der Waals surface area contributed by atoms with Gasteiger partial charge in [0, 0.05) is 6.20 Å². The molecule has 2 aromatic heterocycles. The van der Waals surface area contributed by atoms with E-state index in [2.05, 4.69) is 10.3 Å².